The summed E-state index contributed by atoms with van der Waals surface area (Å²) in [5.74, 6) is -0.248. The number of nitrogens with zero attached hydrogens (tertiary/aromatic N) is 3. The molecular formula is C23H26N4O3. The van der Waals surface area contributed by atoms with Crippen LogP contribution in [0.5, 0.6) is 0 Å². The highest BCUT2D eigenvalue weighted by atomic mass is 16.5. The minimum atomic E-state index is -0.666. The molecule has 1 N–H and O–H groups in total. The van der Waals surface area contributed by atoms with Gasteiger partial charge in [0.1, 0.15) is 11.4 Å². The lowest BCUT2D eigenvalue weighted by molar-refractivity contribution is -0.142. The number of ether oxygens (including phenoxy) is 1. The van der Waals surface area contributed by atoms with Crippen molar-refractivity contribution < 1.29 is 14.3 Å². The fourth-order valence-electron chi connectivity index (χ4n) is 5.01. The minimum Gasteiger partial charge on any atom is -0.360 e. The second kappa shape index (κ2) is 7.09. The van der Waals surface area contributed by atoms with Crippen LogP contribution in [0.3, 0.4) is 0 Å². The van der Waals surface area contributed by atoms with Gasteiger partial charge in [0.2, 0.25) is 11.8 Å². The summed E-state index contributed by atoms with van der Waals surface area (Å²) in [6.45, 7) is 3.59. The van der Waals surface area contributed by atoms with Gasteiger partial charge in [-0.1, -0.05) is 42.0 Å². The Labute approximate surface area is 175 Å². The molecule has 1 aromatic heterocycles. The third-order valence-corrected chi connectivity index (χ3v) is 6.57. The van der Waals surface area contributed by atoms with Crippen LogP contribution in [0, 0.1) is 18.8 Å². The molecule has 156 valence electrons. The third kappa shape index (κ3) is 3.04. The summed E-state index contributed by atoms with van der Waals surface area (Å²) in [5.41, 5.74) is 1.76. The molecule has 2 fully saturated rings. The van der Waals surface area contributed by atoms with Crippen molar-refractivity contribution in [1.82, 2.24) is 19.8 Å². The van der Waals surface area contributed by atoms with Crippen molar-refractivity contribution in [2.75, 3.05) is 20.1 Å². The van der Waals surface area contributed by atoms with Crippen molar-refractivity contribution in [2.45, 2.75) is 31.6 Å². The van der Waals surface area contributed by atoms with E-state index >= 15 is 0 Å². The average Bonchev–Trinajstić information content (AvgIpc) is 3.50. The van der Waals surface area contributed by atoms with Gasteiger partial charge in [0.25, 0.3) is 0 Å². The summed E-state index contributed by atoms with van der Waals surface area (Å²) < 4.78 is 6.23. The zero-order valence-electron chi connectivity index (χ0n) is 17.2. The van der Waals surface area contributed by atoms with Crippen molar-refractivity contribution in [2.24, 2.45) is 11.8 Å². The molecule has 1 aromatic carbocycles. The van der Waals surface area contributed by atoms with E-state index in [1.54, 1.807) is 24.3 Å². The first kappa shape index (κ1) is 19.1. The number of rotatable bonds is 6. The van der Waals surface area contributed by atoms with E-state index in [0.29, 0.717) is 19.6 Å². The SMILES string of the molecule is Cc1ccc(CCN2C[C@]34C=C[C@H](O3)[C@@H](C(=O)N(C)Cc3ncc[nH]3)[C@H]4C2=O)cc1. The molecule has 1 spiro atoms. The molecule has 2 bridgehead atoms. The molecule has 0 aliphatic carbocycles. The summed E-state index contributed by atoms with van der Waals surface area (Å²) in [6.07, 6.45) is 7.82. The molecule has 0 saturated carbocycles. The number of hydrogen-bond donors (Lipinski definition) is 1. The number of benzene rings is 1. The molecule has 3 aliphatic rings. The molecule has 2 aromatic rings. The fraction of sp³-hybridized carbons (Fsp3) is 0.435. The van der Waals surface area contributed by atoms with Crippen molar-refractivity contribution >= 4 is 11.8 Å². The van der Waals surface area contributed by atoms with E-state index in [4.69, 9.17) is 4.74 Å². The quantitative estimate of drug-likeness (QED) is 0.741. The number of aromatic nitrogens is 2. The first-order valence-corrected chi connectivity index (χ1v) is 10.4. The number of amides is 2. The maximum absolute atomic E-state index is 13.3. The van der Waals surface area contributed by atoms with Crippen LogP contribution >= 0.6 is 0 Å². The molecule has 0 unspecified atom stereocenters. The molecule has 4 atom stereocenters. The first-order valence-electron chi connectivity index (χ1n) is 10.4. The second-order valence-electron chi connectivity index (χ2n) is 8.63. The van der Waals surface area contributed by atoms with Crippen LogP contribution in [0.2, 0.25) is 0 Å². The maximum Gasteiger partial charge on any atom is 0.230 e. The lowest BCUT2D eigenvalue weighted by atomic mass is 9.76. The highest BCUT2D eigenvalue weighted by Crippen LogP contribution is 2.52. The van der Waals surface area contributed by atoms with Gasteiger partial charge in [0, 0.05) is 26.0 Å². The Bertz CT molecular complexity index is 984. The van der Waals surface area contributed by atoms with Gasteiger partial charge in [-0.2, -0.15) is 0 Å². The van der Waals surface area contributed by atoms with Crippen LogP contribution in [0.25, 0.3) is 0 Å². The van der Waals surface area contributed by atoms with Crippen LogP contribution in [0.15, 0.2) is 48.8 Å². The predicted octanol–water partition coefficient (Wildman–Crippen LogP) is 1.70. The Balaban J connectivity index is 1.30. The van der Waals surface area contributed by atoms with Gasteiger partial charge in [0.15, 0.2) is 0 Å². The molecule has 7 nitrogen and oxygen atoms in total. The number of fused-ring (bicyclic) bond motifs is 1. The van der Waals surface area contributed by atoms with E-state index in [0.717, 1.165) is 12.2 Å². The number of carbonyl (C=O) groups is 2. The molecule has 30 heavy (non-hydrogen) atoms. The summed E-state index contributed by atoms with van der Waals surface area (Å²) in [5, 5.41) is 0. The van der Waals surface area contributed by atoms with E-state index in [1.807, 2.05) is 17.1 Å². The predicted molar refractivity (Wildman–Crippen MR) is 110 cm³/mol. The van der Waals surface area contributed by atoms with Gasteiger partial charge in [-0.05, 0) is 18.9 Å². The smallest absolute Gasteiger partial charge is 0.230 e. The van der Waals surface area contributed by atoms with Gasteiger partial charge in [0.05, 0.1) is 31.0 Å². The summed E-state index contributed by atoms with van der Waals surface area (Å²) in [6, 6.07) is 8.39. The van der Waals surface area contributed by atoms with Crippen molar-refractivity contribution in [1.29, 1.82) is 0 Å². The van der Waals surface area contributed by atoms with Gasteiger partial charge in [-0.3, -0.25) is 9.59 Å². The van der Waals surface area contributed by atoms with Gasteiger partial charge in [-0.25, -0.2) is 4.98 Å². The molecule has 4 heterocycles. The maximum atomic E-state index is 13.3. The largest absolute Gasteiger partial charge is 0.360 e. The van der Waals surface area contributed by atoms with Crippen molar-refractivity contribution in [3.8, 4) is 0 Å². The van der Waals surface area contributed by atoms with Crippen LogP contribution in [0.4, 0.5) is 0 Å². The van der Waals surface area contributed by atoms with E-state index < -0.39 is 17.4 Å². The molecule has 7 heteroatoms. The lowest BCUT2D eigenvalue weighted by Gasteiger charge is -2.27. The fourth-order valence-corrected chi connectivity index (χ4v) is 5.01. The van der Waals surface area contributed by atoms with E-state index in [2.05, 4.69) is 41.2 Å². The number of imidazole rings is 1. The average molecular weight is 406 g/mol. The van der Waals surface area contributed by atoms with Gasteiger partial charge < -0.3 is 19.5 Å². The molecule has 0 radical (unpaired) electrons. The lowest BCUT2D eigenvalue weighted by Crippen LogP contribution is -2.44. The van der Waals surface area contributed by atoms with Crippen LogP contribution < -0.4 is 0 Å². The summed E-state index contributed by atoms with van der Waals surface area (Å²) in [4.78, 5) is 37.3. The number of aryl methyl sites for hydroxylation is 1. The Morgan fingerprint density at radius 1 is 1.37 bits per heavy atom. The Kier molecular flexibility index (Phi) is 4.50. The van der Waals surface area contributed by atoms with Crippen LogP contribution in [0.1, 0.15) is 17.0 Å². The van der Waals surface area contributed by atoms with E-state index in [9.17, 15) is 9.59 Å². The zero-order chi connectivity index (χ0) is 20.9. The van der Waals surface area contributed by atoms with E-state index in [1.165, 1.54) is 11.1 Å². The highest BCUT2D eigenvalue weighted by Gasteiger charge is 2.66. The summed E-state index contributed by atoms with van der Waals surface area (Å²) in [7, 11) is 1.75. The Morgan fingerprint density at radius 3 is 2.90 bits per heavy atom. The second-order valence-corrected chi connectivity index (χ2v) is 8.63. The third-order valence-electron chi connectivity index (χ3n) is 6.57. The normalized spacial score (nSPS) is 28.9. The number of hydrogen-bond acceptors (Lipinski definition) is 4. The van der Waals surface area contributed by atoms with Crippen molar-refractivity contribution in [3.05, 3.63) is 65.8 Å². The zero-order valence-corrected chi connectivity index (χ0v) is 17.2. The van der Waals surface area contributed by atoms with Crippen LogP contribution in [-0.4, -0.2) is 63.4 Å². The number of likely N-dealkylation sites (tertiary alicyclic amines) is 1. The number of carbonyl (C=O) groups excluding carboxylic acids is 2. The molecular weight excluding hydrogens is 380 g/mol. The number of aromatic amines is 1. The molecule has 5 rings (SSSR count). The minimum absolute atomic E-state index is 0.0266. The van der Waals surface area contributed by atoms with Crippen LogP contribution in [-0.2, 0) is 27.3 Å². The molecule has 2 amide bonds. The molecule has 2 saturated heterocycles. The molecule has 3 aliphatic heterocycles. The standard InChI is InChI=1S/C23H26N4O3/c1-15-3-5-16(6-4-15)8-12-27-14-23-9-7-17(30-23)19(20(23)22(27)29)21(28)26(2)13-18-24-10-11-25-18/h3-7,9-11,17,19-20H,8,12-14H2,1-2H3,(H,24,25)/t17-,19+,20-,23-/m0/s1. The summed E-state index contributed by atoms with van der Waals surface area (Å²) >= 11 is 0. The monoisotopic (exact) mass is 406 g/mol. The Morgan fingerprint density at radius 2 is 2.17 bits per heavy atom. The van der Waals surface area contributed by atoms with Crippen molar-refractivity contribution in [3.63, 3.8) is 0 Å². The van der Waals surface area contributed by atoms with E-state index in [-0.39, 0.29) is 17.9 Å². The highest BCUT2D eigenvalue weighted by molar-refractivity contribution is 5.93. The number of H-pyrrole nitrogens is 1. The van der Waals surface area contributed by atoms with Gasteiger partial charge in [-0.15, -0.1) is 0 Å². The number of nitrogens with one attached hydrogen (secondary N) is 1. The Hall–Kier alpha value is -2.93. The topological polar surface area (TPSA) is 78.5 Å². The van der Waals surface area contributed by atoms with Gasteiger partial charge >= 0.3 is 0 Å². The first-order chi connectivity index (χ1) is 14.5.